The summed E-state index contributed by atoms with van der Waals surface area (Å²) in [6.07, 6.45) is 1.70. The molecule has 0 bridgehead atoms. The molecule has 0 unspecified atom stereocenters. The summed E-state index contributed by atoms with van der Waals surface area (Å²) in [5, 5.41) is 9.04. The van der Waals surface area contributed by atoms with Gasteiger partial charge in [-0.25, -0.2) is 9.97 Å². The fraction of sp³-hybridized carbons (Fsp3) is 0.263. The summed E-state index contributed by atoms with van der Waals surface area (Å²) in [5.41, 5.74) is 2.90. The Kier molecular flexibility index (Phi) is 3.65. The summed E-state index contributed by atoms with van der Waals surface area (Å²) in [5.74, 6) is 3.61. The molecule has 0 amide bonds. The topological polar surface area (TPSA) is 64.7 Å². The number of anilines is 1. The van der Waals surface area contributed by atoms with Crippen LogP contribution in [0.2, 0.25) is 5.02 Å². The van der Waals surface area contributed by atoms with Gasteiger partial charge in [0.25, 0.3) is 0 Å². The highest BCUT2D eigenvalue weighted by molar-refractivity contribution is 6.33. The van der Waals surface area contributed by atoms with E-state index in [1.54, 1.807) is 6.20 Å². The molecule has 5 rings (SSSR count). The van der Waals surface area contributed by atoms with E-state index >= 15 is 0 Å². The molecule has 3 aromatic heterocycles. The first-order valence-electron chi connectivity index (χ1n) is 8.83. The predicted molar refractivity (Wildman–Crippen MR) is 105 cm³/mol. The Morgan fingerprint density at radius 1 is 1.11 bits per heavy atom. The summed E-state index contributed by atoms with van der Waals surface area (Å²) in [7, 11) is 2.01. The number of pyridine rings is 1. The minimum absolute atomic E-state index is 0.591. The van der Waals surface area contributed by atoms with Gasteiger partial charge in [-0.1, -0.05) is 23.7 Å². The van der Waals surface area contributed by atoms with Crippen LogP contribution in [-0.4, -0.2) is 35.8 Å². The van der Waals surface area contributed by atoms with Crippen molar-refractivity contribution < 1.29 is 0 Å². The number of aryl methyl sites for hydroxylation is 2. The molecule has 0 fully saturated rings. The molecule has 0 radical (unpaired) electrons. The van der Waals surface area contributed by atoms with Crippen molar-refractivity contribution in [3.8, 4) is 11.4 Å². The van der Waals surface area contributed by atoms with E-state index < -0.39 is 0 Å². The van der Waals surface area contributed by atoms with Gasteiger partial charge in [-0.15, -0.1) is 10.2 Å². The van der Waals surface area contributed by atoms with Crippen molar-refractivity contribution in [2.24, 2.45) is 7.05 Å². The molecule has 4 aromatic rings. The second-order valence-electron chi connectivity index (χ2n) is 6.74. The van der Waals surface area contributed by atoms with E-state index in [4.69, 9.17) is 16.6 Å². The number of hydrogen-bond acceptors (Lipinski definition) is 5. The molecule has 0 aliphatic carbocycles. The number of fused-ring (bicyclic) bond motifs is 2. The Balaban J connectivity index is 1.56. The van der Waals surface area contributed by atoms with E-state index in [1.165, 1.54) is 0 Å². The molecule has 1 aliphatic rings. The van der Waals surface area contributed by atoms with Crippen molar-refractivity contribution in [1.82, 2.24) is 29.3 Å². The smallest absolute Gasteiger partial charge is 0.152 e. The van der Waals surface area contributed by atoms with Gasteiger partial charge in [0.05, 0.1) is 22.6 Å². The van der Waals surface area contributed by atoms with Crippen molar-refractivity contribution in [3.05, 3.63) is 53.2 Å². The molecular weight excluding hydrogens is 362 g/mol. The van der Waals surface area contributed by atoms with Crippen molar-refractivity contribution in [3.63, 3.8) is 0 Å². The Morgan fingerprint density at radius 2 is 1.96 bits per heavy atom. The summed E-state index contributed by atoms with van der Waals surface area (Å²) >= 11 is 6.49. The summed E-state index contributed by atoms with van der Waals surface area (Å²) < 4.78 is 4.22. The van der Waals surface area contributed by atoms with Gasteiger partial charge in [-0.2, -0.15) is 0 Å². The fourth-order valence-corrected chi connectivity index (χ4v) is 3.84. The number of benzene rings is 1. The average Bonchev–Trinajstić information content (AvgIpc) is 3.23. The van der Waals surface area contributed by atoms with Crippen LogP contribution in [0.25, 0.3) is 22.4 Å². The third-order valence-corrected chi connectivity index (χ3v) is 5.43. The molecular formula is C19H18ClN7. The summed E-state index contributed by atoms with van der Waals surface area (Å²) in [4.78, 5) is 11.5. The van der Waals surface area contributed by atoms with Gasteiger partial charge in [0.15, 0.2) is 5.82 Å². The van der Waals surface area contributed by atoms with Gasteiger partial charge < -0.3 is 14.0 Å². The van der Waals surface area contributed by atoms with E-state index in [1.807, 2.05) is 38.2 Å². The molecule has 1 aromatic carbocycles. The van der Waals surface area contributed by atoms with Crippen LogP contribution in [0.4, 0.5) is 5.82 Å². The van der Waals surface area contributed by atoms with Gasteiger partial charge >= 0.3 is 0 Å². The van der Waals surface area contributed by atoms with Gasteiger partial charge in [0.1, 0.15) is 17.5 Å². The average molecular weight is 380 g/mol. The van der Waals surface area contributed by atoms with Crippen LogP contribution in [0.15, 0.2) is 36.5 Å². The van der Waals surface area contributed by atoms with E-state index in [2.05, 4.69) is 35.3 Å². The molecule has 0 saturated carbocycles. The van der Waals surface area contributed by atoms with E-state index in [9.17, 15) is 0 Å². The molecule has 0 N–H and O–H groups in total. The van der Waals surface area contributed by atoms with Gasteiger partial charge in [-0.05, 0) is 25.1 Å². The minimum atomic E-state index is 0.591. The normalized spacial score (nSPS) is 14.0. The van der Waals surface area contributed by atoms with Crippen LogP contribution in [0.3, 0.4) is 0 Å². The lowest BCUT2D eigenvalue weighted by Crippen LogP contribution is -2.34. The van der Waals surface area contributed by atoms with Gasteiger partial charge in [0, 0.05) is 31.9 Å². The maximum atomic E-state index is 6.49. The lowest BCUT2D eigenvalue weighted by atomic mass is 10.2. The van der Waals surface area contributed by atoms with Gasteiger partial charge in [0.2, 0.25) is 0 Å². The number of para-hydroxylation sites is 2. The largest absolute Gasteiger partial charge is 0.347 e. The number of nitrogens with zero attached hydrogens (tertiary/aromatic N) is 7. The highest BCUT2D eigenvalue weighted by Crippen LogP contribution is 2.32. The second kappa shape index (κ2) is 6.06. The Morgan fingerprint density at radius 3 is 2.81 bits per heavy atom. The van der Waals surface area contributed by atoms with Crippen LogP contribution in [0.5, 0.6) is 0 Å². The van der Waals surface area contributed by atoms with E-state index in [0.717, 1.165) is 53.0 Å². The quantitative estimate of drug-likeness (QED) is 0.535. The number of hydrogen-bond donors (Lipinski definition) is 0. The molecule has 0 saturated heterocycles. The zero-order chi connectivity index (χ0) is 18.5. The molecule has 136 valence electrons. The Bertz CT molecular complexity index is 1160. The minimum Gasteiger partial charge on any atom is -0.347 e. The number of imidazole rings is 1. The van der Waals surface area contributed by atoms with Crippen molar-refractivity contribution in [2.75, 3.05) is 11.4 Å². The second-order valence-corrected chi connectivity index (χ2v) is 7.15. The highest BCUT2D eigenvalue weighted by atomic mass is 35.5. The molecule has 7 nitrogen and oxygen atoms in total. The number of aromatic nitrogens is 6. The van der Waals surface area contributed by atoms with Crippen LogP contribution in [0, 0.1) is 6.92 Å². The monoisotopic (exact) mass is 379 g/mol. The number of rotatable bonds is 2. The summed E-state index contributed by atoms with van der Waals surface area (Å²) in [6.45, 7) is 4.36. The van der Waals surface area contributed by atoms with Gasteiger partial charge in [-0.3, -0.25) is 0 Å². The molecule has 1 aliphatic heterocycles. The Labute approximate surface area is 161 Å². The first kappa shape index (κ1) is 16.3. The number of halogens is 1. The van der Waals surface area contributed by atoms with Crippen LogP contribution < -0.4 is 4.90 Å². The van der Waals surface area contributed by atoms with E-state index in [-0.39, 0.29) is 0 Å². The zero-order valence-corrected chi connectivity index (χ0v) is 15.8. The van der Waals surface area contributed by atoms with Crippen LogP contribution >= 0.6 is 11.6 Å². The first-order valence-corrected chi connectivity index (χ1v) is 9.20. The fourth-order valence-electron chi connectivity index (χ4n) is 3.66. The van der Waals surface area contributed by atoms with Crippen molar-refractivity contribution in [1.29, 1.82) is 0 Å². The lowest BCUT2D eigenvalue weighted by molar-refractivity contribution is 0.547. The van der Waals surface area contributed by atoms with Crippen molar-refractivity contribution >= 4 is 28.5 Å². The predicted octanol–water partition coefficient (Wildman–Crippen LogP) is 3.21. The SMILES string of the molecule is Cc1nnc2n1CCN(c1cc(-c3nc4ccccc4n3C)c(Cl)cn1)C2. The molecule has 8 heteroatoms. The molecule has 27 heavy (non-hydrogen) atoms. The molecule has 4 heterocycles. The first-order chi connectivity index (χ1) is 13.1. The standard InChI is InChI=1S/C19H18ClN7/c1-12-23-24-18-11-26(7-8-27(12)18)17-9-13(14(20)10-21-17)19-22-15-5-3-4-6-16(15)25(19)2/h3-6,9-10H,7-8,11H2,1-2H3. The highest BCUT2D eigenvalue weighted by Gasteiger charge is 2.22. The third-order valence-electron chi connectivity index (χ3n) is 5.13. The van der Waals surface area contributed by atoms with E-state index in [0.29, 0.717) is 11.6 Å². The summed E-state index contributed by atoms with van der Waals surface area (Å²) in [6, 6.07) is 10.1. The molecule has 0 atom stereocenters. The lowest BCUT2D eigenvalue weighted by Gasteiger charge is -2.28. The van der Waals surface area contributed by atoms with Crippen LogP contribution in [-0.2, 0) is 20.1 Å². The zero-order valence-electron chi connectivity index (χ0n) is 15.1. The Hall–Kier alpha value is -2.93. The maximum Gasteiger partial charge on any atom is 0.152 e. The van der Waals surface area contributed by atoms with Crippen LogP contribution in [0.1, 0.15) is 11.6 Å². The van der Waals surface area contributed by atoms with Crippen molar-refractivity contribution in [2.45, 2.75) is 20.0 Å². The maximum absolute atomic E-state index is 6.49. The third kappa shape index (κ3) is 2.57. The molecule has 0 spiro atoms.